The number of H-pyrrole nitrogens is 1. The van der Waals surface area contributed by atoms with E-state index in [1.165, 1.54) is 0 Å². The summed E-state index contributed by atoms with van der Waals surface area (Å²) in [7, 11) is 3.63. The van der Waals surface area contributed by atoms with Crippen LogP contribution in [-0.4, -0.2) is 26.9 Å². The molecule has 138 valence electrons. The van der Waals surface area contributed by atoms with E-state index in [1.807, 2.05) is 67.7 Å². The normalized spacial score (nSPS) is 11.2. The number of aromatic amines is 1. The predicted octanol–water partition coefficient (Wildman–Crippen LogP) is 4.92. The van der Waals surface area contributed by atoms with E-state index < -0.39 is 0 Å². The molecule has 0 fully saturated rings. The maximum absolute atomic E-state index is 6.06. The van der Waals surface area contributed by atoms with Gasteiger partial charge in [-0.05, 0) is 42.5 Å². The minimum atomic E-state index is 0.664. The van der Waals surface area contributed by atoms with Crippen LogP contribution in [0.2, 0.25) is 0 Å². The molecule has 5 rings (SSSR count). The minimum absolute atomic E-state index is 0.664. The summed E-state index contributed by atoms with van der Waals surface area (Å²) in [5.74, 6) is 2.86. The van der Waals surface area contributed by atoms with Crippen LogP contribution in [0.4, 0.5) is 0 Å². The molecule has 5 aromatic rings. The molecule has 0 amide bonds. The molecule has 0 atom stereocenters. The van der Waals surface area contributed by atoms with Crippen LogP contribution in [0.15, 0.2) is 66.7 Å². The van der Waals surface area contributed by atoms with E-state index in [0.29, 0.717) is 17.2 Å². The van der Waals surface area contributed by atoms with Gasteiger partial charge in [0.1, 0.15) is 11.4 Å². The number of hydrogen-bond acceptors (Lipinski definition) is 4. The average Bonchev–Trinajstić information content (AvgIpc) is 3.29. The van der Waals surface area contributed by atoms with E-state index in [9.17, 15) is 0 Å². The monoisotopic (exact) mass is 370 g/mol. The van der Waals surface area contributed by atoms with Gasteiger partial charge < -0.3 is 14.0 Å². The number of nitrogens with zero attached hydrogens (tertiary/aromatic N) is 3. The second-order valence-electron chi connectivity index (χ2n) is 6.52. The molecule has 0 aliphatic carbocycles. The summed E-state index contributed by atoms with van der Waals surface area (Å²) in [6.45, 7) is 0. The van der Waals surface area contributed by atoms with Crippen molar-refractivity contribution in [3.8, 4) is 28.8 Å². The van der Waals surface area contributed by atoms with Gasteiger partial charge in [0.05, 0.1) is 23.7 Å². The van der Waals surface area contributed by atoms with Gasteiger partial charge in [0.15, 0.2) is 17.3 Å². The van der Waals surface area contributed by atoms with Gasteiger partial charge in [0, 0.05) is 12.4 Å². The van der Waals surface area contributed by atoms with E-state index in [0.717, 1.165) is 33.5 Å². The number of hydrogen-bond donors (Lipinski definition) is 1. The van der Waals surface area contributed by atoms with Crippen molar-refractivity contribution >= 4 is 21.9 Å². The fourth-order valence-corrected chi connectivity index (χ4v) is 3.41. The van der Waals surface area contributed by atoms with Gasteiger partial charge in [-0.1, -0.05) is 24.3 Å². The van der Waals surface area contributed by atoms with Gasteiger partial charge >= 0.3 is 0 Å². The van der Waals surface area contributed by atoms with Crippen molar-refractivity contribution in [2.75, 3.05) is 7.11 Å². The van der Waals surface area contributed by atoms with Crippen LogP contribution in [0.1, 0.15) is 0 Å². The summed E-state index contributed by atoms with van der Waals surface area (Å²) in [5, 5.41) is 8.55. The number of imidazole rings is 1. The highest BCUT2D eigenvalue weighted by atomic mass is 16.5. The second-order valence-corrected chi connectivity index (χ2v) is 6.52. The number of ether oxygens (including phenoxy) is 2. The maximum atomic E-state index is 6.06. The number of para-hydroxylation sites is 4. The van der Waals surface area contributed by atoms with Crippen LogP contribution in [0, 0.1) is 0 Å². The van der Waals surface area contributed by atoms with Gasteiger partial charge in [-0.3, -0.25) is 5.10 Å². The van der Waals surface area contributed by atoms with E-state index in [1.54, 1.807) is 7.11 Å². The summed E-state index contributed by atoms with van der Waals surface area (Å²) >= 11 is 0. The lowest BCUT2D eigenvalue weighted by atomic mass is 10.2. The highest BCUT2D eigenvalue weighted by Crippen LogP contribution is 2.34. The molecule has 2 heterocycles. The quantitative estimate of drug-likeness (QED) is 0.488. The number of aryl methyl sites for hydroxylation is 1. The highest BCUT2D eigenvalue weighted by Gasteiger charge is 2.16. The third-order valence-corrected chi connectivity index (χ3v) is 4.83. The molecule has 0 aliphatic heterocycles. The molecule has 28 heavy (non-hydrogen) atoms. The van der Waals surface area contributed by atoms with E-state index in [4.69, 9.17) is 14.5 Å². The molecular weight excluding hydrogens is 352 g/mol. The van der Waals surface area contributed by atoms with Gasteiger partial charge in [-0.2, -0.15) is 5.10 Å². The SMILES string of the molecule is COc1ccccc1Oc1ccc2[nH]nc(-c3nc4ccccc4n3C)c2c1. The van der Waals surface area contributed by atoms with Gasteiger partial charge in [0.25, 0.3) is 0 Å². The molecule has 1 N–H and O–H groups in total. The summed E-state index contributed by atoms with van der Waals surface area (Å²) in [6.07, 6.45) is 0. The molecule has 6 nitrogen and oxygen atoms in total. The molecular formula is C22H18N4O2. The molecule has 0 saturated heterocycles. The first-order chi connectivity index (χ1) is 13.7. The predicted molar refractivity (Wildman–Crippen MR) is 109 cm³/mol. The number of aromatic nitrogens is 4. The summed E-state index contributed by atoms with van der Waals surface area (Å²) in [6, 6.07) is 21.5. The van der Waals surface area contributed by atoms with E-state index in [2.05, 4.69) is 20.8 Å². The number of benzene rings is 3. The molecule has 3 aromatic carbocycles. The average molecular weight is 370 g/mol. The van der Waals surface area contributed by atoms with Crippen molar-refractivity contribution in [3.63, 3.8) is 0 Å². The lowest BCUT2D eigenvalue weighted by Crippen LogP contribution is -1.93. The Bertz CT molecular complexity index is 1300. The Labute approximate surface area is 161 Å². The number of methoxy groups -OCH3 is 1. The zero-order chi connectivity index (χ0) is 19.1. The van der Waals surface area contributed by atoms with Crippen LogP contribution in [0.25, 0.3) is 33.5 Å². The fraction of sp³-hybridized carbons (Fsp3) is 0.0909. The summed E-state index contributed by atoms with van der Waals surface area (Å²) in [5.41, 5.74) is 3.72. The van der Waals surface area contributed by atoms with Crippen molar-refractivity contribution in [1.29, 1.82) is 0 Å². The first-order valence-corrected chi connectivity index (χ1v) is 8.95. The lowest BCUT2D eigenvalue weighted by molar-refractivity contribution is 0.379. The van der Waals surface area contributed by atoms with Crippen LogP contribution in [-0.2, 0) is 7.05 Å². The van der Waals surface area contributed by atoms with Gasteiger partial charge in [0.2, 0.25) is 0 Å². The van der Waals surface area contributed by atoms with Crippen molar-refractivity contribution in [2.45, 2.75) is 0 Å². The topological polar surface area (TPSA) is 65.0 Å². The number of rotatable bonds is 4. The molecule has 0 aliphatic rings. The first-order valence-electron chi connectivity index (χ1n) is 8.95. The maximum Gasteiger partial charge on any atom is 0.169 e. The van der Waals surface area contributed by atoms with Crippen molar-refractivity contribution < 1.29 is 9.47 Å². The molecule has 0 unspecified atom stereocenters. The first kappa shape index (κ1) is 16.4. The van der Waals surface area contributed by atoms with Crippen LogP contribution < -0.4 is 9.47 Å². The van der Waals surface area contributed by atoms with Crippen molar-refractivity contribution in [2.24, 2.45) is 7.05 Å². The largest absolute Gasteiger partial charge is 0.493 e. The summed E-state index contributed by atoms with van der Waals surface area (Å²) < 4.78 is 13.5. The van der Waals surface area contributed by atoms with Gasteiger partial charge in [-0.15, -0.1) is 0 Å². The van der Waals surface area contributed by atoms with E-state index >= 15 is 0 Å². The Balaban J connectivity index is 1.61. The van der Waals surface area contributed by atoms with E-state index in [-0.39, 0.29) is 0 Å². The Morgan fingerprint density at radius 3 is 2.54 bits per heavy atom. The third kappa shape index (κ3) is 2.58. The Morgan fingerprint density at radius 2 is 1.71 bits per heavy atom. The van der Waals surface area contributed by atoms with Crippen LogP contribution >= 0.6 is 0 Å². The van der Waals surface area contributed by atoms with Gasteiger partial charge in [-0.25, -0.2) is 4.98 Å². The smallest absolute Gasteiger partial charge is 0.169 e. The minimum Gasteiger partial charge on any atom is -0.493 e. The number of nitrogens with one attached hydrogen (secondary N) is 1. The zero-order valence-corrected chi connectivity index (χ0v) is 15.5. The third-order valence-electron chi connectivity index (χ3n) is 4.83. The Kier molecular flexibility index (Phi) is 3.76. The molecule has 0 spiro atoms. The molecule has 0 bridgehead atoms. The van der Waals surface area contributed by atoms with Crippen molar-refractivity contribution in [1.82, 2.24) is 19.7 Å². The van der Waals surface area contributed by atoms with Crippen LogP contribution in [0.5, 0.6) is 17.2 Å². The second kappa shape index (κ2) is 6.42. The lowest BCUT2D eigenvalue weighted by Gasteiger charge is -2.10. The Hall–Kier alpha value is -3.80. The fourth-order valence-electron chi connectivity index (χ4n) is 3.41. The Morgan fingerprint density at radius 1 is 0.929 bits per heavy atom. The van der Waals surface area contributed by atoms with Crippen molar-refractivity contribution in [3.05, 3.63) is 66.7 Å². The van der Waals surface area contributed by atoms with Crippen LogP contribution in [0.3, 0.4) is 0 Å². The molecule has 6 heteroatoms. The zero-order valence-electron chi connectivity index (χ0n) is 15.5. The standard InChI is InChI=1S/C22H18N4O2/c1-26-18-8-4-3-7-17(18)23-22(26)21-15-13-14(11-12-16(15)24-25-21)28-20-10-6-5-9-19(20)27-2/h3-13H,1-2H3,(H,24,25). The number of fused-ring (bicyclic) bond motifs is 2. The summed E-state index contributed by atoms with van der Waals surface area (Å²) in [4.78, 5) is 4.77. The highest BCUT2D eigenvalue weighted by molar-refractivity contribution is 5.94. The molecule has 0 radical (unpaired) electrons. The molecule has 2 aromatic heterocycles. The molecule has 0 saturated carbocycles.